The Balaban J connectivity index is 2.28. The van der Waals surface area contributed by atoms with Gasteiger partial charge >= 0.3 is 0 Å². The van der Waals surface area contributed by atoms with E-state index in [9.17, 15) is 10.0 Å². The van der Waals surface area contributed by atoms with Gasteiger partial charge in [0.05, 0.1) is 5.57 Å². The molecule has 1 heterocycles. The van der Waals surface area contributed by atoms with Crippen molar-refractivity contribution in [2.75, 3.05) is 7.05 Å². The topological polar surface area (TPSA) is 78.2 Å². The molecule has 5 nitrogen and oxygen atoms in total. The van der Waals surface area contributed by atoms with E-state index in [1.165, 1.54) is 12.4 Å². The molecule has 2 unspecified atom stereocenters. The van der Waals surface area contributed by atoms with E-state index >= 15 is 0 Å². The molecule has 0 saturated heterocycles. The predicted molar refractivity (Wildman–Crippen MR) is 55.3 cm³/mol. The molecule has 0 radical (unpaired) electrons. The monoisotopic (exact) mass is 209 g/mol. The smallest absolute Gasteiger partial charge is 0.250 e. The summed E-state index contributed by atoms with van der Waals surface area (Å²) < 4.78 is -0.818. The number of nitrogens with zero attached hydrogens (tertiary/aromatic N) is 1. The minimum absolute atomic E-state index is 0.0380. The van der Waals surface area contributed by atoms with Gasteiger partial charge in [-0.05, 0) is 24.8 Å². The van der Waals surface area contributed by atoms with Crippen molar-refractivity contribution in [2.24, 2.45) is 17.6 Å². The summed E-state index contributed by atoms with van der Waals surface area (Å²) in [5.74, 6) is 0.0338. The number of carbonyl (C=O) groups excluding carboxylic acids is 1. The molecule has 0 aromatic rings. The van der Waals surface area contributed by atoms with Crippen molar-refractivity contribution in [3.05, 3.63) is 29.3 Å². The number of allylic oxidation sites excluding steroid dienone is 1. The molecule has 2 atom stereocenters. The molecule has 0 aromatic heterocycles. The summed E-state index contributed by atoms with van der Waals surface area (Å²) in [4.78, 5) is 11.2. The van der Waals surface area contributed by atoms with Crippen molar-refractivity contribution >= 4 is 5.91 Å². The largest absolute Gasteiger partial charge is 0.602 e. The van der Waals surface area contributed by atoms with Crippen LogP contribution in [0.3, 0.4) is 0 Å². The summed E-state index contributed by atoms with van der Waals surface area (Å²) in [5.41, 5.74) is 8.27. The number of rotatable bonds is 3. The number of primary amides is 1. The Labute approximate surface area is 88.4 Å². The number of nitrogens with two attached hydrogens (primary N) is 1. The Kier molecular flexibility index (Phi) is 2.38. The standard InChI is InChI=1S/C10H15N3O2/c1-12-13(15)5-4-8(7-2-3-7)9(6-13)10(11)14/h4-8,12H,2-3H2,1H3,(H2,11,14). The Hall–Kier alpha value is -1.17. The van der Waals surface area contributed by atoms with Crippen LogP contribution < -0.4 is 11.2 Å². The van der Waals surface area contributed by atoms with Gasteiger partial charge in [-0.1, -0.05) is 0 Å². The average molecular weight is 209 g/mol. The fraction of sp³-hybridized carbons (Fsp3) is 0.500. The van der Waals surface area contributed by atoms with Crippen LogP contribution in [0.15, 0.2) is 24.0 Å². The van der Waals surface area contributed by atoms with E-state index < -0.39 is 10.7 Å². The lowest BCUT2D eigenvalue weighted by Gasteiger charge is -2.36. The first-order chi connectivity index (χ1) is 7.06. The summed E-state index contributed by atoms with van der Waals surface area (Å²) in [6.45, 7) is 0. The molecule has 1 aliphatic carbocycles. The number of carbonyl (C=O) groups is 1. The highest BCUT2D eigenvalue weighted by Gasteiger charge is 2.38. The third-order valence-electron chi connectivity index (χ3n) is 2.97. The molecule has 3 N–H and O–H groups in total. The molecule has 1 saturated carbocycles. The van der Waals surface area contributed by atoms with Gasteiger partial charge in [-0.2, -0.15) is 5.43 Å². The van der Waals surface area contributed by atoms with Crippen LogP contribution in [-0.2, 0) is 4.79 Å². The van der Waals surface area contributed by atoms with Gasteiger partial charge in [0.2, 0.25) is 0 Å². The number of amides is 1. The van der Waals surface area contributed by atoms with Crippen LogP contribution in [0.25, 0.3) is 0 Å². The maximum atomic E-state index is 11.8. The molecule has 0 spiro atoms. The molecule has 82 valence electrons. The minimum atomic E-state index is -0.818. The highest BCUT2D eigenvalue weighted by molar-refractivity contribution is 5.92. The van der Waals surface area contributed by atoms with Crippen LogP contribution in [0.4, 0.5) is 0 Å². The van der Waals surface area contributed by atoms with E-state index in [1.54, 1.807) is 13.1 Å². The van der Waals surface area contributed by atoms with Gasteiger partial charge in [0, 0.05) is 13.0 Å². The van der Waals surface area contributed by atoms with Crippen molar-refractivity contribution in [1.82, 2.24) is 5.43 Å². The van der Waals surface area contributed by atoms with E-state index in [2.05, 4.69) is 5.43 Å². The van der Waals surface area contributed by atoms with Crippen LogP contribution in [0.1, 0.15) is 12.8 Å². The zero-order valence-electron chi connectivity index (χ0n) is 8.64. The first kappa shape index (κ1) is 10.4. The number of hydroxylamine groups is 2. The van der Waals surface area contributed by atoms with Gasteiger partial charge in [-0.25, -0.2) is 4.76 Å². The van der Waals surface area contributed by atoms with Crippen molar-refractivity contribution < 1.29 is 9.55 Å². The van der Waals surface area contributed by atoms with Crippen molar-refractivity contribution in [1.29, 1.82) is 0 Å². The van der Waals surface area contributed by atoms with Gasteiger partial charge in [0.25, 0.3) is 5.91 Å². The summed E-state index contributed by atoms with van der Waals surface area (Å²) in [6.07, 6.45) is 6.87. The van der Waals surface area contributed by atoms with Crippen LogP contribution in [0.2, 0.25) is 0 Å². The van der Waals surface area contributed by atoms with Crippen molar-refractivity contribution in [3.63, 3.8) is 0 Å². The molecule has 1 fully saturated rings. The van der Waals surface area contributed by atoms with Gasteiger partial charge in [-0.3, -0.25) is 4.79 Å². The van der Waals surface area contributed by atoms with Gasteiger partial charge in [0.1, 0.15) is 12.4 Å². The summed E-state index contributed by atoms with van der Waals surface area (Å²) in [7, 11) is 1.55. The molecule has 5 heteroatoms. The number of hydrogen-bond acceptors (Lipinski definition) is 3. The SMILES string of the molecule is CN[N+]1([O-])C=CC(C2CC2)C(C(N)=O)=C1. The van der Waals surface area contributed by atoms with Crippen LogP contribution in [0.5, 0.6) is 0 Å². The van der Waals surface area contributed by atoms with E-state index in [4.69, 9.17) is 5.73 Å². The number of nitrogens with one attached hydrogen (secondary N) is 1. The molecule has 2 rings (SSSR count). The molecule has 1 aliphatic heterocycles. The zero-order valence-corrected chi connectivity index (χ0v) is 8.64. The fourth-order valence-electron chi connectivity index (χ4n) is 1.89. The zero-order chi connectivity index (χ0) is 11.1. The van der Waals surface area contributed by atoms with Gasteiger partial charge < -0.3 is 10.9 Å². The first-order valence-corrected chi connectivity index (χ1v) is 5.06. The molecule has 0 aromatic carbocycles. The Morgan fingerprint density at radius 3 is 2.80 bits per heavy atom. The Bertz CT molecular complexity index is 347. The molecule has 15 heavy (non-hydrogen) atoms. The maximum absolute atomic E-state index is 11.8. The highest BCUT2D eigenvalue weighted by atomic mass is 16.6. The lowest BCUT2D eigenvalue weighted by Crippen LogP contribution is -2.45. The van der Waals surface area contributed by atoms with E-state index in [0.29, 0.717) is 11.5 Å². The summed E-state index contributed by atoms with van der Waals surface area (Å²) >= 11 is 0. The second-order valence-electron chi connectivity index (χ2n) is 4.09. The lowest BCUT2D eigenvalue weighted by atomic mass is 9.92. The van der Waals surface area contributed by atoms with Crippen LogP contribution in [0, 0.1) is 17.0 Å². The van der Waals surface area contributed by atoms with E-state index in [1.807, 2.05) is 0 Å². The highest BCUT2D eigenvalue weighted by Crippen LogP contribution is 2.42. The Morgan fingerprint density at radius 1 is 1.67 bits per heavy atom. The minimum Gasteiger partial charge on any atom is -0.602 e. The quantitative estimate of drug-likeness (QED) is 0.520. The van der Waals surface area contributed by atoms with E-state index in [-0.39, 0.29) is 5.92 Å². The van der Waals surface area contributed by atoms with Crippen LogP contribution in [-0.4, -0.2) is 17.7 Å². The molecule has 1 amide bonds. The molecular weight excluding hydrogens is 194 g/mol. The summed E-state index contributed by atoms with van der Waals surface area (Å²) in [6, 6.07) is 0. The van der Waals surface area contributed by atoms with Gasteiger partial charge in [0.15, 0.2) is 0 Å². The molecule has 2 aliphatic rings. The lowest BCUT2D eigenvalue weighted by molar-refractivity contribution is -0.822. The number of hydrogen-bond donors (Lipinski definition) is 2. The average Bonchev–Trinajstić information content (AvgIpc) is 3.01. The number of quaternary nitrogens is 1. The predicted octanol–water partition coefficient (Wildman–Crippen LogP) is 0.358. The summed E-state index contributed by atoms with van der Waals surface area (Å²) in [5, 5.41) is 11.8. The normalized spacial score (nSPS) is 35.1. The van der Waals surface area contributed by atoms with Gasteiger partial charge in [-0.15, -0.1) is 0 Å². The van der Waals surface area contributed by atoms with Crippen LogP contribution >= 0.6 is 0 Å². The van der Waals surface area contributed by atoms with E-state index in [0.717, 1.165) is 12.8 Å². The molecular formula is C10H15N3O2. The maximum Gasteiger partial charge on any atom is 0.250 e. The van der Waals surface area contributed by atoms with Crippen molar-refractivity contribution in [3.8, 4) is 0 Å². The third-order valence-corrected chi connectivity index (χ3v) is 2.97. The fourth-order valence-corrected chi connectivity index (χ4v) is 1.89. The first-order valence-electron chi connectivity index (χ1n) is 5.06. The molecule has 0 bridgehead atoms. The second kappa shape index (κ2) is 3.44. The third kappa shape index (κ3) is 1.94. The van der Waals surface area contributed by atoms with Crippen molar-refractivity contribution in [2.45, 2.75) is 12.8 Å². The second-order valence-corrected chi connectivity index (χ2v) is 4.09. The Morgan fingerprint density at radius 2 is 2.33 bits per heavy atom.